The van der Waals surface area contributed by atoms with Gasteiger partial charge in [0.25, 0.3) is 0 Å². The number of aliphatic hydroxyl groups excluding tert-OH is 4. The summed E-state index contributed by atoms with van der Waals surface area (Å²) in [6.07, 6.45) is -4.47. The third-order valence-electron chi connectivity index (χ3n) is 5.83. The van der Waals surface area contributed by atoms with Crippen LogP contribution in [0.1, 0.15) is 22.8 Å². The molecule has 0 unspecified atom stereocenters. The summed E-state index contributed by atoms with van der Waals surface area (Å²) in [6, 6.07) is 12.0. The van der Waals surface area contributed by atoms with Crippen molar-refractivity contribution < 1.29 is 38.7 Å². The predicted molar refractivity (Wildman–Crippen MR) is 112 cm³/mol. The monoisotopic (exact) mass is 449 g/mol. The number of hydrogen-bond donors (Lipinski definition) is 4. The van der Waals surface area contributed by atoms with Crippen LogP contribution >= 0.6 is 0 Å². The van der Waals surface area contributed by atoms with Gasteiger partial charge < -0.3 is 34.5 Å². The Bertz CT molecular complexity index is 1070. The molecule has 0 radical (unpaired) electrons. The molecule has 1 aromatic heterocycles. The largest absolute Gasteiger partial charge is 0.435 e. The van der Waals surface area contributed by atoms with Crippen LogP contribution in [0.5, 0.6) is 5.75 Å². The molecule has 3 aromatic rings. The zero-order valence-corrected chi connectivity index (χ0v) is 17.3. The molecule has 0 saturated carbocycles. The Morgan fingerprint density at radius 2 is 1.75 bits per heavy atom. The van der Waals surface area contributed by atoms with Gasteiger partial charge in [-0.15, -0.1) is 0 Å². The SMILES string of the molecule is Cc1cccc2c([C@@H]3O[C@H](CO)[C@@H](O)[C@H](O)[C@H]3O)cn(Cc3ccc(OC(F)F)cc3)c12. The summed E-state index contributed by atoms with van der Waals surface area (Å²) < 4.78 is 36.9. The van der Waals surface area contributed by atoms with Gasteiger partial charge in [0, 0.05) is 23.7 Å². The Balaban J connectivity index is 1.71. The van der Waals surface area contributed by atoms with Crippen LogP contribution in [-0.4, -0.2) is 62.6 Å². The van der Waals surface area contributed by atoms with Crippen LogP contribution in [0, 0.1) is 6.92 Å². The number of rotatable bonds is 6. The van der Waals surface area contributed by atoms with Crippen LogP contribution in [0.25, 0.3) is 10.9 Å². The minimum Gasteiger partial charge on any atom is -0.435 e. The lowest BCUT2D eigenvalue weighted by molar-refractivity contribution is -0.231. The average Bonchev–Trinajstić information content (AvgIpc) is 3.13. The van der Waals surface area contributed by atoms with E-state index in [0.29, 0.717) is 12.1 Å². The van der Waals surface area contributed by atoms with Gasteiger partial charge in [-0.3, -0.25) is 0 Å². The third-order valence-corrected chi connectivity index (χ3v) is 5.83. The van der Waals surface area contributed by atoms with Crippen molar-refractivity contribution in [3.05, 3.63) is 65.4 Å². The summed E-state index contributed by atoms with van der Waals surface area (Å²) in [6.45, 7) is -1.05. The van der Waals surface area contributed by atoms with Crippen molar-refractivity contribution in [1.29, 1.82) is 0 Å². The molecule has 1 saturated heterocycles. The highest BCUT2D eigenvalue weighted by Crippen LogP contribution is 2.38. The molecule has 2 heterocycles. The standard InChI is InChI=1S/C23H25F2NO6/c1-12-3-2-4-15-16(22-21(30)20(29)19(28)17(11-27)32-22)10-26(18(12)15)9-13-5-7-14(8-6-13)31-23(24)25/h2-8,10,17,19-23,27-30H,9,11H2,1H3/t17-,19-,20+,21-,22+/m1/s1. The average molecular weight is 449 g/mol. The first-order chi connectivity index (χ1) is 15.3. The molecule has 1 aliphatic heterocycles. The number of ether oxygens (including phenoxy) is 2. The number of alkyl halides is 2. The van der Waals surface area contributed by atoms with E-state index in [4.69, 9.17) is 4.74 Å². The van der Waals surface area contributed by atoms with E-state index in [1.807, 2.05) is 29.7 Å². The molecule has 2 aromatic carbocycles. The highest BCUT2D eigenvalue weighted by Gasteiger charge is 2.44. The van der Waals surface area contributed by atoms with Gasteiger partial charge in [0.15, 0.2) is 0 Å². The van der Waals surface area contributed by atoms with Gasteiger partial charge >= 0.3 is 6.61 Å². The van der Waals surface area contributed by atoms with E-state index in [2.05, 4.69) is 4.74 Å². The molecule has 4 rings (SSSR count). The van der Waals surface area contributed by atoms with Gasteiger partial charge in [0.05, 0.1) is 12.1 Å². The van der Waals surface area contributed by atoms with E-state index >= 15 is 0 Å². The first-order valence-corrected chi connectivity index (χ1v) is 10.2. The zero-order chi connectivity index (χ0) is 23.0. The molecule has 32 heavy (non-hydrogen) atoms. The maximum absolute atomic E-state index is 12.4. The van der Waals surface area contributed by atoms with E-state index < -0.39 is 43.7 Å². The van der Waals surface area contributed by atoms with Crippen molar-refractivity contribution >= 4 is 10.9 Å². The maximum atomic E-state index is 12.4. The summed E-state index contributed by atoms with van der Waals surface area (Å²) >= 11 is 0. The zero-order valence-electron chi connectivity index (χ0n) is 17.3. The fourth-order valence-electron chi connectivity index (χ4n) is 4.26. The van der Waals surface area contributed by atoms with Crippen molar-refractivity contribution in [2.24, 2.45) is 0 Å². The Morgan fingerprint density at radius 3 is 2.41 bits per heavy atom. The Kier molecular flexibility index (Phi) is 6.45. The van der Waals surface area contributed by atoms with Crippen molar-refractivity contribution in [1.82, 2.24) is 4.57 Å². The lowest BCUT2D eigenvalue weighted by atomic mass is 9.91. The van der Waals surface area contributed by atoms with E-state index in [-0.39, 0.29) is 5.75 Å². The van der Waals surface area contributed by atoms with Gasteiger partial charge in [-0.05, 0) is 30.2 Å². The third kappa shape index (κ3) is 4.22. The minimum atomic E-state index is -2.89. The fourth-order valence-corrected chi connectivity index (χ4v) is 4.26. The van der Waals surface area contributed by atoms with Gasteiger partial charge in [0.2, 0.25) is 0 Å². The van der Waals surface area contributed by atoms with Crippen LogP contribution in [0.2, 0.25) is 0 Å². The summed E-state index contributed by atoms with van der Waals surface area (Å²) in [5.74, 6) is 0.0688. The Morgan fingerprint density at radius 1 is 1.03 bits per heavy atom. The summed E-state index contributed by atoms with van der Waals surface area (Å²) in [5.41, 5.74) is 3.30. The smallest absolute Gasteiger partial charge is 0.387 e. The van der Waals surface area contributed by atoms with E-state index in [0.717, 1.165) is 22.0 Å². The van der Waals surface area contributed by atoms with Crippen molar-refractivity contribution in [3.8, 4) is 5.75 Å². The number of aromatic nitrogens is 1. The molecule has 0 bridgehead atoms. The summed E-state index contributed by atoms with van der Waals surface area (Å²) in [5, 5.41) is 41.2. The van der Waals surface area contributed by atoms with Crippen LogP contribution in [0.4, 0.5) is 8.78 Å². The van der Waals surface area contributed by atoms with Gasteiger partial charge in [-0.1, -0.05) is 30.3 Å². The van der Waals surface area contributed by atoms with Crippen LogP contribution in [0.3, 0.4) is 0 Å². The van der Waals surface area contributed by atoms with Crippen LogP contribution < -0.4 is 4.74 Å². The molecular weight excluding hydrogens is 424 g/mol. The normalized spacial score (nSPS) is 26.1. The molecule has 7 nitrogen and oxygen atoms in total. The molecule has 1 fully saturated rings. The second-order valence-corrected chi connectivity index (χ2v) is 7.96. The number of aryl methyl sites for hydroxylation is 1. The van der Waals surface area contributed by atoms with Crippen molar-refractivity contribution in [3.63, 3.8) is 0 Å². The number of aliphatic hydroxyl groups is 4. The van der Waals surface area contributed by atoms with Crippen molar-refractivity contribution in [2.45, 2.75) is 50.6 Å². The van der Waals surface area contributed by atoms with Crippen LogP contribution in [-0.2, 0) is 11.3 Å². The van der Waals surface area contributed by atoms with Gasteiger partial charge in [-0.25, -0.2) is 0 Å². The molecule has 4 N–H and O–H groups in total. The summed E-state index contributed by atoms with van der Waals surface area (Å²) in [7, 11) is 0. The first-order valence-electron chi connectivity index (χ1n) is 10.2. The lowest BCUT2D eigenvalue weighted by Crippen LogP contribution is -2.55. The topological polar surface area (TPSA) is 104 Å². The quantitative estimate of drug-likeness (QED) is 0.460. The number of benzene rings is 2. The van der Waals surface area contributed by atoms with Crippen molar-refractivity contribution in [2.75, 3.05) is 6.61 Å². The molecule has 0 aliphatic carbocycles. The molecular formula is C23H25F2NO6. The molecule has 0 spiro atoms. The Labute approximate surface area is 183 Å². The molecule has 1 aliphatic rings. The predicted octanol–water partition coefficient (Wildman–Crippen LogP) is 2.11. The van der Waals surface area contributed by atoms with E-state index in [9.17, 15) is 29.2 Å². The molecule has 0 amide bonds. The molecule has 9 heteroatoms. The lowest BCUT2D eigenvalue weighted by Gasteiger charge is -2.40. The van der Waals surface area contributed by atoms with E-state index in [1.54, 1.807) is 18.3 Å². The summed E-state index contributed by atoms with van der Waals surface area (Å²) in [4.78, 5) is 0. The highest BCUT2D eigenvalue weighted by atomic mass is 19.3. The Hall–Kier alpha value is -2.56. The molecule has 5 atom stereocenters. The van der Waals surface area contributed by atoms with Gasteiger partial charge in [0.1, 0.15) is 36.3 Å². The first kappa shape index (κ1) is 22.6. The highest BCUT2D eigenvalue weighted by molar-refractivity contribution is 5.87. The number of nitrogens with zero attached hydrogens (tertiary/aromatic N) is 1. The molecule has 172 valence electrons. The second kappa shape index (κ2) is 9.13. The fraction of sp³-hybridized carbons (Fsp3) is 0.391. The second-order valence-electron chi connectivity index (χ2n) is 7.96. The minimum absolute atomic E-state index is 0.0688. The van der Waals surface area contributed by atoms with E-state index in [1.165, 1.54) is 12.1 Å². The van der Waals surface area contributed by atoms with Gasteiger partial charge in [-0.2, -0.15) is 8.78 Å². The number of hydrogen-bond acceptors (Lipinski definition) is 6. The number of halogens is 2. The number of fused-ring (bicyclic) bond motifs is 1. The number of para-hydroxylation sites is 1. The maximum Gasteiger partial charge on any atom is 0.387 e. The van der Waals surface area contributed by atoms with Crippen LogP contribution in [0.15, 0.2) is 48.7 Å².